The first-order chi connectivity index (χ1) is 37.1. The largest absolute Gasteiger partial charge is 0.444 e. The van der Waals surface area contributed by atoms with Gasteiger partial charge in [-0.25, -0.2) is 29.6 Å². The molecule has 0 aliphatic carbocycles. The number of hydrogen-bond donors (Lipinski definition) is 3. The number of hydrazone groups is 1. The van der Waals surface area contributed by atoms with Crippen molar-refractivity contribution in [1.82, 2.24) is 45.2 Å². The Labute approximate surface area is 467 Å². The molecule has 3 N–H and O–H groups in total. The molecule has 17 nitrogen and oxygen atoms in total. The van der Waals surface area contributed by atoms with Gasteiger partial charge < -0.3 is 24.4 Å². The van der Waals surface area contributed by atoms with Gasteiger partial charge in [0.1, 0.15) is 23.9 Å². The van der Waals surface area contributed by atoms with Crippen LogP contribution >= 0.6 is 34.8 Å². The Morgan fingerprint density at radius 3 is 1.86 bits per heavy atom. The number of sulfonamides is 1. The number of rotatable bonds is 10. The minimum atomic E-state index is -3.80. The Hall–Kier alpha value is -5.86. The Morgan fingerprint density at radius 2 is 1.35 bits per heavy atom. The number of aromatic nitrogens is 6. The molecule has 6 aromatic rings. The van der Waals surface area contributed by atoms with Crippen LogP contribution in [-0.2, 0) is 30.7 Å². The number of carbonyl (C=O) groups excluding carboxylic acids is 2. The number of nitrogens with one attached hydrogen (secondary N) is 3. The lowest BCUT2D eigenvalue weighted by molar-refractivity contribution is 0.0201. The number of carbonyl (C=O) groups is 2. The van der Waals surface area contributed by atoms with E-state index in [2.05, 4.69) is 45.4 Å². The third-order valence-electron chi connectivity index (χ3n) is 12.5. The lowest BCUT2D eigenvalue weighted by atomic mass is 9.89. The summed E-state index contributed by atoms with van der Waals surface area (Å²) in [5, 5.41) is 16.5. The van der Waals surface area contributed by atoms with Gasteiger partial charge in [-0.1, -0.05) is 53.0 Å². The van der Waals surface area contributed by atoms with Gasteiger partial charge in [-0.15, -0.1) is 0 Å². The predicted molar refractivity (Wildman–Crippen MR) is 302 cm³/mol. The van der Waals surface area contributed by atoms with Gasteiger partial charge in [0.15, 0.2) is 0 Å². The number of benzene rings is 3. The van der Waals surface area contributed by atoms with E-state index in [1.807, 2.05) is 58.0 Å². The van der Waals surface area contributed by atoms with Gasteiger partial charge in [-0.05, 0) is 164 Å². The summed E-state index contributed by atoms with van der Waals surface area (Å²) in [4.78, 5) is 43.8. The molecule has 0 unspecified atom stereocenters. The maximum absolute atomic E-state index is 12.7. The number of aryl methyl sites for hydroxylation is 1. The molecule has 0 spiro atoms. The van der Waals surface area contributed by atoms with Gasteiger partial charge in [-0.3, -0.25) is 9.89 Å². The van der Waals surface area contributed by atoms with Crippen LogP contribution in [0.4, 0.5) is 4.79 Å². The van der Waals surface area contributed by atoms with E-state index in [9.17, 15) is 18.0 Å². The Balaban J connectivity index is 0.000000187. The zero-order valence-electron chi connectivity index (χ0n) is 44.1. The molecule has 1 amide bonds. The molecule has 10 rings (SSSR count). The van der Waals surface area contributed by atoms with Crippen LogP contribution in [0.1, 0.15) is 105 Å². The first-order valence-corrected chi connectivity index (χ1v) is 28.5. The maximum Gasteiger partial charge on any atom is 0.410 e. The number of nitrogens with zero attached hydrogens (tertiary/aromatic N) is 7. The lowest BCUT2D eigenvalue weighted by Gasteiger charge is -2.33. The number of aromatic amines is 1. The molecule has 21 heteroatoms. The molecule has 0 bridgehead atoms. The molecule has 412 valence electrons. The Kier molecular flexibility index (Phi) is 24.2. The number of halogens is 3. The number of H-pyrrole nitrogens is 1. The molecular weight excluding hydrogens is 1060 g/mol. The molecule has 4 saturated heterocycles. The highest BCUT2D eigenvalue weighted by Gasteiger charge is 2.30. The summed E-state index contributed by atoms with van der Waals surface area (Å²) in [6.45, 7) is 14.5. The van der Waals surface area contributed by atoms with Gasteiger partial charge >= 0.3 is 6.09 Å². The standard InChI is InChI=1S/C23H31N5O4S.C18H18ClN5.C7H4Cl2O.2C4H8O/c1-17-5-7-20(8-6-17)33(30,31)27-26-21(15-19-9-12-24-16-25-19)18-10-13-28(14-11-18)22(29)32-23(2,3)4;19-14-3-1-12(2-4-14)17-16(15-7-10-21-11-22-15)18(24-23-17)13-5-8-20-9-6-13;8-6-3-1-5(2-4-6)7(9)10;2*1-2-4-5-3-1/h5-9,12,16,18,27H,10-11,13-15H2,1-4H3;1-4,7,10-11,13,20H,5-6,8-9H2,(H,23,24);1-4H;2*1-4H2/b26-21+;;;;. The van der Waals surface area contributed by atoms with Crippen molar-refractivity contribution in [2.24, 2.45) is 11.0 Å². The van der Waals surface area contributed by atoms with Gasteiger partial charge in [0.2, 0.25) is 0 Å². The third kappa shape index (κ3) is 20.5. The van der Waals surface area contributed by atoms with Crippen LogP contribution in [0.5, 0.6) is 0 Å². The van der Waals surface area contributed by atoms with Crippen LogP contribution in [-0.4, -0.2) is 119 Å². The number of piperidine rings is 2. The fourth-order valence-corrected chi connectivity index (χ4v) is 9.59. The summed E-state index contributed by atoms with van der Waals surface area (Å²) >= 11 is 16.8. The van der Waals surface area contributed by atoms with Crippen LogP contribution < -0.4 is 10.1 Å². The summed E-state index contributed by atoms with van der Waals surface area (Å²) in [5.41, 5.74) is 7.39. The molecule has 4 aliphatic heterocycles. The van der Waals surface area contributed by atoms with Crippen molar-refractivity contribution in [2.75, 3.05) is 52.6 Å². The van der Waals surface area contributed by atoms with Gasteiger partial charge in [0.25, 0.3) is 15.3 Å². The summed E-state index contributed by atoms with van der Waals surface area (Å²) in [7, 11) is -3.80. The summed E-state index contributed by atoms with van der Waals surface area (Å²) in [5.74, 6) is 0.462. The predicted octanol–water partition coefficient (Wildman–Crippen LogP) is 11.3. The van der Waals surface area contributed by atoms with E-state index in [1.165, 1.54) is 37.7 Å². The quantitative estimate of drug-likeness (QED) is 0.0662. The lowest BCUT2D eigenvalue weighted by Crippen LogP contribution is -2.43. The van der Waals surface area contributed by atoms with E-state index in [4.69, 9.17) is 49.0 Å². The number of likely N-dealkylation sites (tertiary alicyclic amines) is 1. The van der Waals surface area contributed by atoms with Crippen molar-refractivity contribution in [3.05, 3.63) is 143 Å². The molecular formula is C56H69Cl3N10O7S. The van der Waals surface area contributed by atoms with E-state index in [1.54, 1.807) is 78.2 Å². The average molecular weight is 1130 g/mol. The fourth-order valence-electron chi connectivity index (χ4n) is 8.37. The topological polar surface area (TPSA) is 216 Å². The van der Waals surface area contributed by atoms with Gasteiger partial charge in [0.05, 0.1) is 10.6 Å². The molecule has 0 saturated carbocycles. The molecule has 3 aromatic carbocycles. The second kappa shape index (κ2) is 30.9. The van der Waals surface area contributed by atoms with E-state index < -0.39 is 20.9 Å². The van der Waals surface area contributed by atoms with Crippen LogP contribution in [0.15, 0.2) is 120 Å². The molecule has 4 aliphatic rings. The molecule has 7 heterocycles. The highest BCUT2D eigenvalue weighted by atomic mass is 35.5. The van der Waals surface area contributed by atoms with E-state index in [0.717, 1.165) is 91.2 Å². The normalized spacial score (nSPS) is 16.0. The van der Waals surface area contributed by atoms with E-state index in [0.29, 0.717) is 54.6 Å². The zero-order chi connectivity index (χ0) is 55.0. The van der Waals surface area contributed by atoms with Crippen molar-refractivity contribution < 1.29 is 32.2 Å². The Morgan fingerprint density at radius 1 is 0.779 bits per heavy atom. The van der Waals surface area contributed by atoms with Crippen molar-refractivity contribution in [2.45, 2.75) is 102 Å². The third-order valence-corrected chi connectivity index (χ3v) is 14.4. The first kappa shape index (κ1) is 60.4. The van der Waals surface area contributed by atoms with E-state index >= 15 is 0 Å². The van der Waals surface area contributed by atoms with Crippen molar-refractivity contribution in [3.63, 3.8) is 0 Å². The first-order valence-electron chi connectivity index (χ1n) is 25.9. The second-order valence-corrected chi connectivity index (χ2v) is 22.4. The van der Waals surface area contributed by atoms with E-state index in [-0.39, 0.29) is 16.9 Å². The minimum absolute atomic E-state index is 0.000583. The van der Waals surface area contributed by atoms with Gasteiger partial charge in [0, 0.05) is 114 Å². The van der Waals surface area contributed by atoms with Crippen LogP contribution in [0.25, 0.3) is 22.5 Å². The molecule has 0 atom stereocenters. The Bertz CT molecular complexity index is 2830. The van der Waals surface area contributed by atoms with Gasteiger partial charge in [-0.2, -0.15) is 18.6 Å². The molecule has 77 heavy (non-hydrogen) atoms. The van der Waals surface area contributed by atoms with Crippen LogP contribution in [0.3, 0.4) is 0 Å². The van der Waals surface area contributed by atoms with Crippen LogP contribution in [0, 0.1) is 12.8 Å². The number of hydrogen-bond acceptors (Lipinski definition) is 14. The summed E-state index contributed by atoms with van der Waals surface area (Å²) < 4.78 is 40.8. The fraction of sp³-hybridized carbons (Fsp3) is 0.429. The molecule has 4 fully saturated rings. The average Bonchev–Trinajstić information content (AvgIpc) is 4.31. The van der Waals surface area contributed by atoms with Crippen molar-refractivity contribution in [3.8, 4) is 22.5 Å². The molecule has 3 aromatic heterocycles. The SMILES string of the molecule is C1CCOC1.C1CCOC1.Cc1ccc(S(=O)(=O)N/N=C(\Cc2ccncn2)C2CCN(C(=O)OC(C)(C)C)CC2)cc1.Clc1ccc(-c2n[nH]c(C3CCNCC3)c2-c2ccncn2)cc1.O=C(Cl)c1ccc(Cl)cc1. The highest BCUT2D eigenvalue weighted by molar-refractivity contribution is 7.89. The zero-order valence-corrected chi connectivity index (χ0v) is 47.2. The number of amides is 1. The van der Waals surface area contributed by atoms with Crippen LogP contribution in [0.2, 0.25) is 10.0 Å². The number of ether oxygens (including phenoxy) is 3. The summed E-state index contributed by atoms with van der Waals surface area (Å²) in [6.07, 6.45) is 15.1. The van der Waals surface area contributed by atoms with Crippen molar-refractivity contribution >= 4 is 61.9 Å². The monoisotopic (exact) mass is 1130 g/mol. The maximum atomic E-state index is 12.7. The van der Waals surface area contributed by atoms with Crippen molar-refractivity contribution in [1.29, 1.82) is 0 Å². The second-order valence-electron chi connectivity index (χ2n) is 19.5. The highest BCUT2D eigenvalue weighted by Crippen LogP contribution is 2.38. The summed E-state index contributed by atoms with van der Waals surface area (Å²) in [6, 6.07) is 24.5. The molecule has 0 radical (unpaired) electrons. The minimum Gasteiger partial charge on any atom is -0.444 e. The smallest absolute Gasteiger partial charge is 0.410 e.